The third-order valence-corrected chi connectivity index (χ3v) is 5.90. The maximum Gasteiger partial charge on any atom is 0.233 e. The number of carbonyl (C=O) groups is 2. The van der Waals surface area contributed by atoms with E-state index in [1.165, 1.54) is 4.90 Å². The molecule has 0 radical (unpaired) electrons. The van der Waals surface area contributed by atoms with Crippen molar-refractivity contribution in [2.45, 2.75) is 33.1 Å². The summed E-state index contributed by atoms with van der Waals surface area (Å²) in [4.78, 5) is 26.4. The summed E-state index contributed by atoms with van der Waals surface area (Å²) in [5, 5.41) is 9.97. The lowest BCUT2D eigenvalue weighted by Crippen LogP contribution is -2.51. The molecule has 2 amide bonds. The number of likely N-dealkylation sites (tertiary alicyclic amines) is 1. The maximum absolute atomic E-state index is 12.5. The number of imide groups is 1. The fourth-order valence-electron chi connectivity index (χ4n) is 3.86. The zero-order chi connectivity index (χ0) is 17.0. The van der Waals surface area contributed by atoms with Gasteiger partial charge in [0.15, 0.2) is 0 Å². The topological polar surface area (TPSA) is 57.6 Å². The molecule has 0 saturated carbocycles. The minimum absolute atomic E-state index is 0.0336. The second-order valence-electron chi connectivity index (χ2n) is 6.63. The van der Waals surface area contributed by atoms with Crippen molar-refractivity contribution in [3.63, 3.8) is 0 Å². The first-order chi connectivity index (χ1) is 11.0. The van der Waals surface area contributed by atoms with Crippen molar-refractivity contribution < 1.29 is 19.2 Å². The van der Waals surface area contributed by atoms with E-state index in [1.807, 2.05) is 6.08 Å². The molecule has 1 saturated heterocycles. The molecule has 1 aliphatic carbocycles. The van der Waals surface area contributed by atoms with E-state index in [2.05, 4.69) is 13.8 Å². The van der Waals surface area contributed by atoms with Crippen LogP contribution in [0.15, 0.2) is 11.1 Å². The number of hydrogen-bond acceptors (Lipinski definition) is 3. The van der Waals surface area contributed by atoms with E-state index < -0.39 is 0 Å². The zero-order valence-electron chi connectivity index (χ0n) is 14.1. The quantitative estimate of drug-likeness (QED) is 0.539. The fourth-order valence-corrected chi connectivity index (χ4v) is 4.12. The molecule has 2 atom stereocenters. The van der Waals surface area contributed by atoms with Gasteiger partial charge in [-0.2, -0.15) is 0 Å². The van der Waals surface area contributed by atoms with E-state index in [9.17, 15) is 14.7 Å². The molecule has 0 aromatic heterocycles. The van der Waals surface area contributed by atoms with Crippen LogP contribution in [0.25, 0.3) is 0 Å². The molecule has 2 aliphatic rings. The van der Waals surface area contributed by atoms with E-state index >= 15 is 0 Å². The Morgan fingerprint density at radius 1 is 1.22 bits per heavy atom. The third-order valence-electron chi connectivity index (χ3n) is 5.59. The van der Waals surface area contributed by atoms with Gasteiger partial charge in [-0.05, 0) is 26.7 Å². The smallest absolute Gasteiger partial charge is 0.233 e. The number of fused-ring (bicyclic) bond motifs is 1. The van der Waals surface area contributed by atoms with Gasteiger partial charge in [-0.15, -0.1) is 0 Å². The highest BCUT2D eigenvalue weighted by atomic mass is 35.5. The lowest BCUT2D eigenvalue weighted by atomic mass is 9.85. The summed E-state index contributed by atoms with van der Waals surface area (Å²) < 4.78 is 0.826. The molecule has 6 heteroatoms. The molecular formula is C17H28ClN2O3+. The summed E-state index contributed by atoms with van der Waals surface area (Å²) in [6, 6.07) is 0. The largest absolute Gasteiger partial charge is 0.391 e. The Labute approximate surface area is 143 Å². The van der Waals surface area contributed by atoms with E-state index in [0.717, 1.165) is 37.1 Å². The second kappa shape index (κ2) is 7.77. The van der Waals surface area contributed by atoms with Gasteiger partial charge in [0.05, 0.1) is 38.1 Å². The summed E-state index contributed by atoms with van der Waals surface area (Å²) in [7, 11) is 0. The van der Waals surface area contributed by atoms with E-state index in [4.69, 9.17) is 11.6 Å². The van der Waals surface area contributed by atoms with Crippen LogP contribution < -0.4 is 0 Å². The van der Waals surface area contributed by atoms with Gasteiger partial charge < -0.3 is 9.59 Å². The summed E-state index contributed by atoms with van der Waals surface area (Å²) in [6.45, 7) is 8.37. The van der Waals surface area contributed by atoms with Gasteiger partial charge in [-0.3, -0.25) is 14.5 Å². The molecule has 0 aromatic rings. The van der Waals surface area contributed by atoms with Gasteiger partial charge in [0.25, 0.3) is 0 Å². The van der Waals surface area contributed by atoms with E-state index in [1.54, 1.807) is 0 Å². The number of carbonyl (C=O) groups excluding carboxylic acids is 2. The average molecular weight is 344 g/mol. The van der Waals surface area contributed by atoms with Crippen molar-refractivity contribution in [1.29, 1.82) is 0 Å². The van der Waals surface area contributed by atoms with Crippen LogP contribution in [0.5, 0.6) is 0 Å². The molecule has 1 fully saturated rings. The van der Waals surface area contributed by atoms with Crippen LogP contribution in [0.1, 0.15) is 33.1 Å². The normalized spacial score (nSPS) is 24.9. The van der Waals surface area contributed by atoms with Crippen molar-refractivity contribution in [1.82, 2.24) is 4.90 Å². The van der Waals surface area contributed by atoms with Crippen LogP contribution in [0, 0.1) is 11.8 Å². The van der Waals surface area contributed by atoms with Gasteiger partial charge >= 0.3 is 0 Å². The second-order valence-corrected chi connectivity index (χ2v) is 7.12. The number of halogens is 1. The number of rotatable bonds is 8. The van der Waals surface area contributed by atoms with Crippen molar-refractivity contribution in [3.8, 4) is 0 Å². The monoisotopic (exact) mass is 343 g/mol. The minimum atomic E-state index is -0.256. The molecule has 23 heavy (non-hydrogen) atoms. The molecule has 0 aromatic carbocycles. The third kappa shape index (κ3) is 3.78. The number of likely N-dealkylation sites (N-methyl/N-ethyl adjacent to an activating group) is 1. The van der Waals surface area contributed by atoms with Gasteiger partial charge in [0.2, 0.25) is 11.8 Å². The fraction of sp³-hybridized carbons (Fsp3) is 0.765. The Kier molecular flexibility index (Phi) is 6.23. The maximum atomic E-state index is 12.5. The van der Waals surface area contributed by atoms with Crippen molar-refractivity contribution in [2.24, 2.45) is 11.8 Å². The highest BCUT2D eigenvalue weighted by Crippen LogP contribution is 2.38. The van der Waals surface area contributed by atoms with Crippen LogP contribution in [0.3, 0.4) is 0 Å². The predicted octanol–water partition coefficient (Wildman–Crippen LogP) is 1.74. The van der Waals surface area contributed by atoms with Crippen molar-refractivity contribution in [3.05, 3.63) is 11.1 Å². The Hall–Kier alpha value is -0.910. The lowest BCUT2D eigenvalue weighted by molar-refractivity contribution is -0.925. The highest BCUT2D eigenvalue weighted by Gasteiger charge is 2.48. The standard InChI is InChI=1S/C17H28ClN2O3/c1-3-20(4-2,10-11-21)9-5-8-19-16(22)14-7-6-13(18)12-15(14)17(19)23/h6,14-15,21H,3-5,7-12H2,1-2H3/q+1/t14-,15+/m0/s1. The Morgan fingerprint density at radius 3 is 2.48 bits per heavy atom. The minimum Gasteiger partial charge on any atom is -0.391 e. The number of allylic oxidation sites excluding steroid dienone is 2. The van der Waals surface area contributed by atoms with Crippen LogP contribution >= 0.6 is 11.6 Å². The van der Waals surface area contributed by atoms with E-state index in [0.29, 0.717) is 24.4 Å². The van der Waals surface area contributed by atoms with E-state index in [-0.39, 0.29) is 30.3 Å². The first-order valence-corrected chi connectivity index (χ1v) is 9.01. The van der Waals surface area contributed by atoms with Crippen molar-refractivity contribution >= 4 is 23.4 Å². The first kappa shape index (κ1) is 18.4. The molecule has 5 nitrogen and oxygen atoms in total. The van der Waals surface area contributed by atoms with Crippen molar-refractivity contribution in [2.75, 3.05) is 39.3 Å². The Bertz CT molecular complexity index is 488. The van der Waals surface area contributed by atoms with Crippen LogP contribution in [-0.4, -0.2) is 65.6 Å². The van der Waals surface area contributed by atoms with Gasteiger partial charge in [-0.25, -0.2) is 0 Å². The number of aliphatic hydroxyl groups is 1. The molecule has 130 valence electrons. The molecule has 2 rings (SSSR count). The predicted molar refractivity (Wildman–Crippen MR) is 89.6 cm³/mol. The Balaban J connectivity index is 1.94. The number of hydrogen-bond donors (Lipinski definition) is 1. The summed E-state index contributed by atoms with van der Waals surface area (Å²) in [5.41, 5.74) is 0. The zero-order valence-corrected chi connectivity index (χ0v) is 14.9. The highest BCUT2D eigenvalue weighted by molar-refractivity contribution is 6.30. The molecule has 0 bridgehead atoms. The summed E-state index contributed by atoms with van der Waals surface area (Å²) >= 11 is 6.03. The molecule has 1 heterocycles. The van der Waals surface area contributed by atoms with Gasteiger partial charge in [0.1, 0.15) is 6.54 Å². The first-order valence-electron chi connectivity index (χ1n) is 8.63. The summed E-state index contributed by atoms with van der Waals surface area (Å²) in [5.74, 6) is -0.554. The molecule has 0 unspecified atom stereocenters. The van der Waals surface area contributed by atoms with Gasteiger partial charge in [-0.1, -0.05) is 17.7 Å². The Morgan fingerprint density at radius 2 is 1.87 bits per heavy atom. The number of quaternary nitrogens is 1. The number of aliphatic hydroxyl groups excluding tert-OH is 1. The van der Waals surface area contributed by atoms with Crippen LogP contribution in [0.2, 0.25) is 0 Å². The summed E-state index contributed by atoms with van der Waals surface area (Å²) in [6.07, 6.45) is 3.73. The van der Waals surface area contributed by atoms with Crippen LogP contribution in [-0.2, 0) is 9.59 Å². The number of nitrogens with zero attached hydrogens (tertiary/aromatic N) is 2. The molecule has 1 N–H and O–H groups in total. The lowest BCUT2D eigenvalue weighted by Gasteiger charge is -2.36. The number of amides is 2. The van der Waals surface area contributed by atoms with Crippen LogP contribution in [0.4, 0.5) is 0 Å². The molecular weight excluding hydrogens is 316 g/mol. The molecule has 0 spiro atoms. The SMILES string of the molecule is CC[N+](CC)(CCO)CCCN1C(=O)[C@H]2CC=C(Cl)C[C@H]2C1=O. The average Bonchev–Trinajstić information content (AvgIpc) is 2.78. The molecule has 1 aliphatic heterocycles. The van der Waals surface area contributed by atoms with Gasteiger partial charge in [0, 0.05) is 18.0 Å².